The van der Waals surface area contributed by atoms with Gasteiger partial charge in [-0.15, -0.1) is 11.8 Å². The molecular weight excluding hydrogens is 630 g/mol. The molecule has 0 aliphatic carbocycles. The molecule has 232 valence electrons. The molecule has 0 radical (unpaired) electrons. The van der Waals surface area contributed by atoms with Crippen molar-refractivity contribution in [3.63, 3.8) is 0 Å². The summed E-state index contributed by atoms with van der Waals surface area (Å²) < 4.78 is 53.8. The second kappa shape index (κ2) is 14.9. The summed E-state index contributed by atoms with van der Waals surface area (Å²) in [6, 6.07) is 23.0. The molecule has 0 aromatic heterocycles. The van der Waals surface area contributed by atoms with Crippen molar-refractivity contribution in [1.29, 1.82) is 0 Å². The van der Waals surface area contributed by atoms with Gasteiger partial charge in [-0.05, 0) is 73.2 Å². The first kappa shape index (κ1) is 33.3. The average molecular weight is 656 g/mol. The van der Waals surface area contributed by atoms with Crippen LogP contribution in [0.3, 0.4) is 0 Å². The van der Waals surface area contributed by atoms with Crippen LogP contribution >= 0.6 is 23.4 Å². The molecule has 0 heterocycles. The van der Waals surface area contributed by atoms with Crippen molar-refractivity contribution in [3.05, 3.63) is 130 Å². The van der Waals surface area contributed by atoms with Crippen LogP contribution in [-0.4, -0.2) is 23.0 Å². The normalized spacial score (nSPS) is 12.3. The number of amides is 3. The topological polar surface area (TPSA) is 87.3 Å². The van der Waals surface area contributed by atoms with E-state index in [0.29, 0.717) is 17.0 Å². The molecule has 3 N–H and O–H groups in total. The maximum Gasteiger partial charge on any atom is 0.416 e. The van der Waals surface area contributed by atoms with Gasteiger partial charge in [0.15, 0.2) is 0 Å². The largest absolute Gasteiger partial charge is 0.416 e. The number of carbonyl (C=O) groups excluding carboxylic acids is 3. The van der Waals surface area contributed by atoms with E-state index in [1.807, 2.05) is 0 Å². The van der Waals surface area contributed by atoms with Gasteiger partial charge in [0.05, 0.1) is 15.8 Å². The molecule has 12 heteroatoms. The summed E-state index contributed by atoms with van der Waals surface area (Å²) in [7, 11) is 0. The average Bonchev–Trinajstić information content (AvgIpc) is 3.01. The van der Waals surface area contributed by atoms with Crippen LogP contribution < -0.4 is 16.0 Å². The van der Waals surface area contributed by atoms with E-state index in [9.17, 15) is 31.9 Å². The van der Waals surface area contributed by atoms with Gasteiger partial charge in [0, 0.05) is 27.4 Å². The minimum atomic E-state index is -4.55. The number of hydrogen-bond donors (Lipinski definition) is 3. The summed E-state index contributed by atoms with van der Waals surface area (Å²) in [4.78, 5) is 39.8. The number of anilines is 2. The number of halogens is 5. The molecule has 0 saturated carbocycles. The van der Waals surface area contributed by atoms with E-state index >= 15 is 0 Å². The molecule has 0 saturated heterocycles. The van der Waals surface area contributed by atoms with Crippen molar-refractivity contribution in [3.8, 4) is 0 Å². The molecule has 0 bridgehead atoms. The standard InChI is InChI=1S/C33H26ClF4N3O3S/c1-2-29(32(44)40-22-12-6-11-21(17-22)33(36,37)38)45-24-14-7-13-23(18-24)39-31(43)28(19-25-26(34)15-8-16-27(25)35)41-30(42)20-9-4-3-5-10-20/h3-19,29H,2H2,1H3,(H,39,43)(H,40,44)(H,41,42)/b28-19+. The number of benzene rings is 4. The van der Waals surface area contributed by atoms with Crippen molar-refractivity contribution < 1.29 is 31.9 Å². The first-order chi connectivity index (χ1) is 21.4. The Bertz CT molecular complexity index is 1710. The van der Waals surface area contributed by atoms with Crippen molar-refractivity contribution in [2.75, 3.05) is 10.6 Å². The molecule has 45 heavy (non-hydrogen) atoms. The Morgan fingerprint density at radius 3 is 2.20 bits per heavy atom. The lowest BCUT2D eigenvalue weighted by molar-refractivity contribution is -0.137. The van der Waals surface area contributed by atoms with Crippen LogP contribution in [0.25, 0.3) is 6.08 Å². The van der Waals surface area contributed by atoms with Gasteiger partial charge in [0.2, 0.25) is 5.91 Å². The van der Waals surface area contributed by atoms with Crippen LogP contribution in [0.5, 0.6) is 0 Å². The van der Waals surface area contributed by atoms with Gasteiger partial charge >= 0.3 is 6.18 Å². The fraction of sp³-hybridized carbons (Fsp3) is 0.121. The highest BCUT2D eigenvalue weighted by Gasteiger charge is 2.30. The molecule has 3 amide bonds. The fourth-order valence-electron chi connectivity index (χ4n) is 4.06. The van der Waals surface area contributed by atoms with Crippen molar-refractivity contribution >= 4 is 58.5 Å². The number of alkyl halides is 3. The van der Waals surface area contributed by atoms with Gasteiger partial charge in [-0.25, -0.2) is 4.39 Å². The summed E-state index contributed by atoms with van der Waals surface area (Å²) in [6.07, 6.45) is -3.06. The summed E-state index contributed by atoms with van der Waals surface area (Å²) >= 11 is 7.32. The maximum absolute atomic E-state index is 14.6. The zero-order valence-corrected chi connectivity index (χ0v) is 25.2. The zero-order valence-electron chi connectivity index (χ0n) is 23.6. The van der Waals surface area contributed by atoms with Gasteiger partial charge in [0.1, 0.15) is 11.5 Å². The van der Waals surface area contributed by atoms with E-state index in [2.05, 4.69) is 16.0 Å². The molecule has 6 nitrogen and oxygen atoms in total. The van der Waals surface area contributed by atoms with E-state index in [1.165, 1.54) is 30.3 Å². The van der Waals surface area contributed by atoms with Crippen LogP contribution in [0.1, 0.15) is 34.8 Å². The molecule has 1 atom stereocenters. The molecule has 0 fully saturated rings. The van der Waals surface area contributed by atoms with Crippen molar-refractivity contribution in [2.24, 2.45) is 0 Å². The quantitative estimate of drug-likeness (QED) is 0.0910. The van der Waals surface area contributed by atoms with Gasteiger partial charge in [-0.1, -0.05) is 54.9 Å². The summed E-state index contributed by atoms with van der Waals surface area (Å²) in [6.45, 7) is 1.76. The SMILES string of the molecule is CCC(Sc1cccc(NC(=O)/C(=C\c2c(F)cccc2Cl)NC(=O)c2ccccc2)c1)C(=O)Nc1cccc(C(F)(F)F)c1. The second-order valence-electron chi connectivity index (χ2n) is 9.58. The highest BCUT2D eigenvalue weighted by atomic mass is 35.5. The number of rotatable bonds is 10. The monoisotopic (exact) mass is 655 g/mol. The van der Waals surface area contributed by atoms with Crippen molar-refractivity contribution in [1.82, 2.24) is 5.32 Å². The van der Waals surface area contributed by atoms with Gasteiger partial charge in [-0.3, -0.25) is 14.4 Å². The van der Waals surface area contributed by atoms with E-state index in [1.54, 1.807) is 61.5 Å². The van der Waals surface area contributed by atoms with E-state index in [-0.39, 0.29) is 27.5 Å². The Morgan fingerprint density at radius 2 is 1.53 bits per heavy atom. The first-order valence-electron chi connectivity index (χ1n) is 13.5. The van der Waals surface area contributed by atoms with Crippen LogP contribution in [0.15, 0.2) is 108 Å². The van der Waals surface area contributed by atoms with E-state index < -0.39 is 40.5 Å². The summed E-state index contributed by atoms with van der Waals surface area (Å²) in [5, 5.41) is 7.08. The number of carbonyl (C=O) groups is 3. The Labute approximate surface area is 265 Å². The molecule has 1 unspecified atom stereocenters. The van der Waals surface area contributed by atoms with Gasteiger partial charge < -0.3 is 16.0 Å². The highest BCUT2D eigenvalue weighted by molar-refractivity contribution is 8.00. The molecule has 0 aliphatic heterocycles. The Balaban J connectivity index is 1.52. The smallest absolute Gasteiger partial charge is 0.325 e. The molecule has 4 aromatic rings. The lowest BCUT2D eigenvalue weighted by Gasteiger charge is -2.16. The van der Waals surface area contributed by atoms with Crippen LogP contribution in [0, 0.1) is 5.82 Å². The predicted molar refractivity (Wildman–Crippen MR) is 168 cm³/mol. The third-order valence-electron chi connectivity index (χ3n) is 6.31. The van der Waals surface area contributed by atoms with E-state index in [4.69, 9.17) is 11.6 Å². The molecule has 0 spiro atoms. The van der Waals surface area contributed by atoms with E-state index in [0.717, 1.165) is 30.0 Å². The van der Waals surface area contributed by atoms with Crippen molar-refractivity contribution in [2.45, 2.75) is 29.7 Å². The second-order valence-corrected chi connectivity index (χ2v) is 11.3. The molecule has 4 aromatic carbocycles. The molecular formula is C33H26ClF4N3O3S. The lowest BCUT2D eigenvalue weighted by atomic mass is 10.1. The highest BCUT2D eigenvalue weighted by Crippen LogP contribution is 2.32. The maximum atomic E-state index is 14.6. The molecule has 4 rings (SSSR count). The Kier molecular flexibility index (Phi) is 11.0. The fourth-order valence-corrected chi connectivity index (χ4v) is 5.29. The van der Waals surface area contributed by atoms with Crippen LogP contribution in [-0.2, 0) is 15.8 Å². The molecule has 0 aliphatic rings. The Hall–Kier alpha value is -4.61. The van der Waals surface area contributed by atoms with Crippen LogP contribution in [0.4, 0.5) is 28.9 Å². The predicted octanol–water partition coefficient (Wildman–Crippen LogP) is 8.42. The first-order valence-corrected chi connectivity index (χ1v) is 14.8. The third-order valence-corrected chi connectivity index (χ3v) is 8.00. The lowest BCUT2D eigenvalue weighted by Crippen LogP contribution is -2.30. The minimum absolute atomic E-state index is 0.0155. The van der Waals surface area contributed by atoms with Gasteiger partial charge in [0.25, 0.3) is 11.8 Å². The zero-order chi connectivity index (χ0) is 32.6. The van der Waals surface area contributed by atoms with Gasteiger partial charge in [-0.2, -0.15) is 13.2 Å². The Morgan fingerprint density at radius 1 is 0.867 bits per heavy atom. The summed E-state index contributed by atoms with van der Waals surface area (Å²) in [5.74, 6) is -2.57. The number of nitrogens with one attached hydrogen (secondary N) is 3. The van der Waals surface area contributed by atoms with Crippen LogP contribution in [0.2, 0.25) is 5.02 Å². The number of hydrogen-bond acceptors (Lipinski definition) is 4. The summed E-state index contributed by atoms with van der Waals surface area (Å²) in [5.41, 5.74) is -0.668. The number of thioether (sulfide) groups is 1. The minimum Gasteiger partial charge on any atom is -0.325 e. The third kappa shape index (κ3) is 9.19.